The van der Waals surface area contributed by atoms with Crippen molar-refractivity contribution in [2.45, 2.75) is 26.3 Å². The summed E-state index contributed by atoms with van der Waals surface area (Å²) in [5, 5.41) is 4.36. The second-order valence-corrected chi connectivity index (χ2v) is 5.37. The van der Waals surface area contributed by atoms with Crippen LogP contribution >= 0.6 is 11.8 Å². The van der Waals surface area contributed by atoms with Crippen molar-refractivity contribution >= 4 is 16.9 Å². The van der Waals surface area contributed by atoms with Crippen LogP contribution < -0.4 is 5.32 Å². The van der Waals surface area contributed by atoms with Crippen molar-refractivity contribution in [2.75, 3.05) is 12.3 Å². The number of hydrogen-bond acceptors (Lipinski definition) is 2. The predicted octanol–water partition coefficient (Wildman–Crippen LogP) is 2.76. The quantitative estimate of drug-likeness (QED) is 0.894. The second-order valence-electron chi connectivity index (χ2n) is 4.36. The SMILES string of the molecule is Cc1cc(F)ccc1CCN=C1NC(C)CS1. The van der Waals surface area contributed by atoms with E-state index in [9.17, 15) is 4.39 Å². The van der Waals surface area contributed by atoms with Crippen molar-refractivity contribution in [3.05, 3.63) is 35.1 Å². The summed E-state index contributed by atoms with van der Waals surface area (Å²) < 4.78 is 12.9. The second kappa shape index (κ2) is 5.54. The molecule has 0 aliphatic carbocycles. The van der Waals surface area contributed by atoms with E-state index < -0.39 is 0 Å². The molecule has 1 aliphatic rings. The molecule has 1 unspecified atom stereocenters. The molecule has 1 aliphatic heterocycles. The van der Waals surface area contributed by atoms with Crippen molar-refractivity contribution in [3.63, 3.8) is 0 Å². The number of thioether (sulfide) groups is 1. The van der Waals surface area contributed by atoms with Crippen LogP contribution in [-0.4, -0.2) is 23.5 Å². The molecule has 4 heteroatoms. The van der Waals surface area contributed by atoms with Crippen LogP contribution in [0, 0.1) is 12.7 Å². The van der Waals surface area contributed by atoms with Crippen molar-refractivity contribution in [3.8, 4) is 0 Å². The van der Waals surface area contributed by atoms with Crippen molar-refractivity contribution < 1.29 is 4.39 Å². The van der Waals surface area contributed by atoms with E-state index >= 15 is 0 Å². The first kappa shape index (κ1) is 12.4. The van der Waals surface area contributed by atoms with E-state index in [2.05, 4.69) is 17.2 Å². The van der Waals surface area contributed by atoms with Gasteiger partial charge < -0.3 is 5.32 Å². The Morgan fingerprint density at radius 2 is 2.35 bits per heavy atom. The number of hydrogen-bond donors (Lipinski definition) is 1. The van der Waals surface area contributed by atoms with Crippen molar-refractivity contribution in [2.24, 2.45) is 4.99 Å². The molecule has 0 radical (unpaired) electrons. The van der Waals surface area contributed by atoms with Gasteiger partial charge in [-0.3, -0.25) is 4.99 Å². The Morgan fingerprint density at radius 1 is 1.53 bits per heavy atom. The van der Waals surface area contributed by atoms with Gasteiger partial charge in [0.1, 0.15) is 5.82 Å². The monoisotopic (exact) mass is 252 g/mol. The molecule has 1 atom stereocenters. The molecule has 0 aromatic heterocycles. The normalized spacial score (nSPS) is 21.8. The lowest BCUT2D eigenvalue weighted by Gasteiger charge is -2.04. The van der Waals surface area contributed by atoms with Gasteiger partial charge >= 0.3 is 0 Å². The average Bonchev–Trinajstić information content (AvgIpc) is 2.68. The minimum atomic E-state index is -0.167. The number of amidine groups is 1. The fourth-order valence-corrected chi connectivity index (χ4v) is 2.77. The first-order valence-corrected chi connectivity index (χ1v) is 6.82. The molecule has 1 N–H and O–H groups in total. The Morgan fingerprint density at radius 3 is 3.00 bits per heavy atom. The smallest absolute Gasteiger partial charge is 0.156 e. The fourth-order valence-electron chi connectivity index (χ4n) is 1.81. The molecular formula is C13H17FN2S. The van der Waals surface area contributed by atoms with Crippen LogP contribution in [0.1, 0.15) is 18.1 Å². The standard InChI is InChI=1S/C13H17FN2S/c1-9-7-12(14)4-3-11(9)5-6-15-13-16-10(2)8-17-13/h3-4,7,10H,5-6,8H2,1-2H3,(H,15,16). The van der Waals surface area contributed by atoms with E-state index in [1.807, 2.05) is 13.0 Å². The highest BCUT2D eigenvalue weighted by atomic mass is 32.2. The summed E-state index contributed by atoms with van der Waals surface area (Å²) >= 11 is 1.77. The number of rotatable bonds is 3. The van der Waals surface area contributed by atoms with Gasteiger partial charge in [-0.05, 0) is 43.5 Å². The van der Waals surface area contributed by atoms with Gasteiger partial charge in [-0.2, -0.15) is 0 Å². The van der Waals surface area contributed by atoms with Crippen LogP contribution in [0.15, 0.2) is 23.2 Å². The number of nitrogens with zero attached hydrogens (tertiary/aromatic N) is 1. The summed E-state index contributed by atoms with van der Waals surface area (Å²) in [7, 11) is 0. The molecule has 92 valence electrons. The number of nitrogens with one attached hydrogen (secondary N) is 1. The molecular weight excluding hydrogens is 235 g/mol. The highest BCUT2D eigenvalue weighted by Crippen LogP contribution is 2.14. The molecule has 0 spiro atoms. The Bertz CT molecular complexity index is 431. The van der Waals surface area contributed by atoms with Crippen LogP contribution in [0.4, 0.5) is 4.39 Å². The van der Waals surface area contributed by atoms with Crippen LogP contribution in [0.3, 0.4) is 0 Å². The maximum Gasteiger partial charge on any atom is 0.156 e. The van der Waals surface area contributed by atoms with E-state index in [4.69, 9.17) is 0 Å². The lowest BCUT2D eigenvalue weighted by Crippen LogP contribution is -2.23. The Balaban J connectivity index is 1.90. The zero-order valence-electron chi connectivity index (χ0n) is 10.2. The first-order valence-electron chi connectivity index (χ1n) is 5.84. The van der Waals surface area contributed by atoms with E-state index in [0.717, 1.165) is 29.4 Å². The van der Waals surface area contributed by atoms with Crippen LogP contribution in [0.25, 0.3) is 0 Å². The Kier molecular flexibility index (Phi) is 4.05. The molecule has 2 nitrogen and oxygen atoms in total. The van der Waals surface area contributed by atoms with Crippen LogP contribution in [0.5, 0.6) is 0 Å². The number of halogens is 1. The third kappa shape index (κ3) is 3.46. The molecule has 1 heterocycles. The van der Waals surface area contributed by atoms with Gasteiger partial charge in [0.05, 0.1) is 0 Å². The lowest BCUT2D eigenvalue weighted by atomic mass is 10.1. The summed E-state index contributed by atoms with van der Waals surface area (Å²) in [5.41, 5.74) is 2.18. The zero-order chi connectivity index (χ0) is 12.3. The lowest BCUT2D eigenvalue weighted by molar-refractivity contribution is 0.625. The average molecular weight is 252 g/mol. The van der Waals surface area contributed by atoms with Crippen LogP contribution in [-0.2, 0) is 6.42 Å². The molecule has 1 aromatic carbocycles. The fraction of sp³-hybridized carbons (Fsp3) is 0.462. The van der Waals surface area contributed by atoms with Gasteiger partial charge in [-0.15, -0.1) is 0 Å². The van der Waals surface area contributed by atoms with Gasteiger partial charge in [-0.25, -0.2) is 4.39 Å². The van der Waals surface area contributed by atoms with Crippen molar-refractivity contribution in [1.82, 2.24) is 5.32 Å². The molecule has 17 heavy (non-hydrogen) atoms. The van der Waals surface area contributed by atoms with Gasteiger partial charge in [0.25, 0.3) is 0 Å². The summed E-state index contributed by atoms with van der Waals surface area (Å²) in [6.07, 6.45) is 0.867. The zero-order valence-corrected chi connectivity index (χ0v) is 11.0. The van der Waals surface area contributed by atoms with Gasteiger partial charge in [0.15, 0.2) is 5.17 Å². The molecule has 1 fully saturated rings. The third-order valence-electron chi connectivity index (χ3n) is 2.78. The summed E-state index contributed by atoms with van der Waals surface area (Å²) in [6, 6.07) is 5.46. The first-order chi connectivity index (χ1) is 8.15. The highest BCUT2D eigenvalue weighted by Gasteiger charge is 2.14. The minimum absolute atomic E-state index is 0.167. The molecule has 1 aromatic rings. The number of aryl methyl sites for hydroxylation is 1. The molecule has 0 saturated carbocycles. The summed E-state index contributed by atoms with van der Waals surface area (Å²) in [4.78, 5) is 4.51. The third-order valence-corrected chi connectivity index (χ3v) is 3.97. The van der Waals surface area contributed by atoms with E-state index in [0.29, 0.717) is 6.04 Å². The molecule has 0 amide bonds. The van der Waals surface area contributed by atoms with E-state index in [1.54, 1.807) is 17.8 Å². The molecule has 1 saturated heterocycles. The topological polar surface area (TPSA) is 24.4 Å². The van der Waals surface area contributed by atoms with E-state index in [-0.39, 0.29) is 5.82 Å². The Hall–Kier alpha value is -1.03. The van der Waals surface area contributed by atoms with Gasteiger partial charge in [0, 0.05) is 18.3 Å². The largest absolute Gasteiger partial charge is 0.362 e. The maximum atomic E-state index is 12.9. The van der Waals surface area contributed by atoms with Gasteiger partial charge in [-0.1, -0.05) is 17.8 Å². The number of aliphatic imine (C=N–C) groups is 1. The maximum absolute atomic E-state index is 12.9. The highest BCUT2D eigenvalue weighted by molar-refractivity contribution is 8.14. The molecule has 0 bridgehead atoms. The predicted molar refractivity (Wildman–Crippen MR) is 72.2 cm³/mol. The van der Waals surface area contributed by atoms with Crippen molar-refractivity contribution in [1.29, 1.82) is 0 Å². The number of benzene rings is 1. The van der Waals surface area contributed by atoms with E-state index in [1.165, 1.54) is 11.6 Å². The molecule has 2 rings (SSSR count). The summed E-state index contributed by atoms with van der Waals surface area (Å²) in [6.45, 7) is 4.85. The Labute approximate surface area is 106 Å². The van der Waals surface area contributed by atoms with Gasteiger partial charge in [0.2, 0.25) is 0 Å². The van der Waals surface area contributed by atoms with Crippen LogP contribution in [0.2, 0.25) is 0 Å². The summed E-state index contributed by atoms with van der Waals surface area (Å²) in [5.74, 6) is 0.924. The minimum Gasteiger partial charge on any atom is -0.362 e.